The van der Waals surface area contributed by atoms with Gasteiger partial charge in [-0.2, -0.15) is 0 Å². The van der Waals surface area contributed by atoms with Crippen molar-refractivity contribution >= 4 is 17.2 Å². The fourth-order valence-corrected chi connectivity index (χ4v) is 1.78. The minimum atomic E-state index is -0.315. The number of nitrogens with one attached hydrogen (secondary N) is 1. The normalized spacial score (nSPS) is 10.5. The monoisotopic (exact) mass is 201 g/mol. The van der Waals surface area contributed by atoms with Gasteiger partial charge in [-0.25, -0.2) is 0 Å². The Bertz CT molecular complexity index is 596. The van der Waals surface area contributed by atoms with Gasteiger partial charge in [-0.15, -0.1) is 0 Å². The van der Waals surface area contributed by atoms with Crippen LogP contribution >= 0.6 is 0 Å². The third-order valence-corrected chi connectivity index (χ3v) is 2.68. The van der Waals surface area contributed by atoms with Crippen LogP contribution in [0.4, 0.5) is 0 Å². The fraction of sp³-hybridized carbons (Fsp3) is 0.167. The molecule has 0 bridgehead atoms. The summed E-state index contributed by atoms with van der Waals surface area (Å²) < 4.78 is 0. The van der Waals surface area contributed by atoms with Crippen molar-refractivity contribution in [2.75, 3.05) is 0 Å². The zero-order valence-electron chi connectivity index (χ0n) is 8.63. The number of hydrogen-bond acceptors (Lipinski definition) is 2. The summed E-state index contributed by atoms with van der Waals surface area (Å²) in [6.45, 7) is 3.72. The summed E-state index contributed by atoms with van der Waals surface area (Å²) in [7, 11) is 0. The molecule has 2 aromatic rings. The molecule has 76 valence electrons. The van der Waals surface area contributed by atoms with Gasteiger partial charge in [0.25, 0.3) is 5.56 Å². The number of rotatable bonds is 1. The first-order valence-electron chi connectivity index (χ1n) is 4.72. The van der Waals surface area contributed by atoms with Crippen molar-refractivity contribution in [2.45, 2.75) is 13.8 Å². The van der Waals surface area contributed by atoms with E-state index < -0.39 is 0 Å². The van der Waals surface area contributed by atoms with Crippen molar-refractivity contribution in [1.82, 2.24) is 4.98 Å². The number of pyridine rings is 1. The van der Waals surface area contributed by atoms with Crippen LogP contribution in [-0.2, 0) is 0 Å². The molecule has 1 aromatic heterocycles. The molecule has 0 saturated carbocycles. The Morgan fingerprint density at radius 1 is 1.27 bits per heavy atom. The van der Waals surface area contributed by atoms with E-state index >= 15 is 0 Å². The van der Waals surface area contributed by atoms with Crippen molar-refractivity contribution in [3.63, 3.8) is 0 Å². The van der Waals surface area contributed by atoms with Crippen molar-refractivity contribution in [3.8, 4) is 0 Å². The first kappa shape index (κ1) is 9.65. The lowest BCUT2D eigenvalue weighted by atomic mass is 10.0. The van der Waals surface area contributed by atoms with Crippen molar-refractivity contribution in [2.24, 2.45) is 0 Å². The number of aldehydes is 1. The van der Waals surface area contributed by atoms with Crippen LogP contribution in [0.15, 0.2) is 23.0 Å². The molecule has 0 unspecified atom stereocenters. The summed E-state index contributed by atoms with van der Waals surface area (Å²) in [5.74, 6) is 0. The predicted octanol–water partition coefficient (Wildman–Crippen LogP) is 1.96. The van der Waals surface area contributed by atoms with Gasteiger partial charge in [-0.1, -0.05) is 18.2 Å². The number of aryl methyl sites for hydroxylation is 2. The summed E-state index contributed by atoms with van der Waals surface area (Å²) in [6.07, 6.45) is 0.607. The Kier molecular flexibility index (Phi) is 2.15. The average Bonchev–Trinajstić information content (AvgIpc) is 2.20. The average molecular weight is 201 g/mol. The molecule has 3 nitrogen and oxygen atoms in total. The van der Waals surface area contributed by atoms with Crippen LogP contribution in [0.1, 0.15) is 21.5 Å². The second kappa shape index (κ2) is 3.35. The smallest absolute Gasteiger partial charge is 0.259 e. The first-order chi connectivity index (χ1) is 7.15. The van der Waals surface area contributed by atoms with E-state index in [1.54, 1.807) is 6.92 Å². The number of para-hydroxylation sites is 1. The maximum absolute atomic E-state index is 11.6. The van der Waals surface area contributed by atoms with Crippen LogP contribution in [0, 0.1) is 13.8 Å². The van der Waals surface area contributed by atoms with E-state index in [-0.39, 0.29) is 11.1 Å². The van der Waals surface area contributed by atoms with Gasteiger partial charge < -0.3 is 4.98 Å². The highest BCUT2D eigenvalue weighted by Gasteiger charge is 2.08. The molecule has 1 N–H and O–H groups in total. The first-order valence-corrected chi connectivity index (χ1v) is 4.72. The Balaban J connectivity index is 3.04. The Morgan fingerprint density at radius 2 is 2.00 bits per heavy atom. The molecule has 2 rings (SSSR count). The van der Waals surface area contributed by atoms with E-state index in [1.807, 2.05) is 25.1 Å². The number of aromatic nitrogens is 1. The lowest BCUT2D eigenvalue weighted by Crippen LogP contribution is -2.14. The van der Waals surface area contributed by atoms with Gasteiger partial charge in [-0.05, 0) is 25.0 Å². The van der Waals surface area contributed by atoms with E-state index in [0.29, 0.717) is 6.29 Å². The molecule has 3 heteroatoms. The quantitative estimate of drug-likeness (QED) is 0.717. The number of hydrogen-bond donors (Lipinski definition) is 1. The topological polar surface area (TPSA) is 49.9 Å². The zero-order valence-corrected chi connectivity index (χ0v) is 8.63. The number of aromatic amines is 1. The lowest BCUT2D eigenvalue weighted by molar-refractivity contribution is 0.112. The highest BCUT2D eigenvalue weighted by atomic mass is 16.1. The highest BCUT2D eigenvalue weighted by molar-refractivity contribution is 5.91. The summed E-state index contributed by atoms with van der Waals surface area (Å²) in [5.41, 5.74) is 2.46. The van der Waals surface area contributed by atoms with Crippen molar-refractivity contribution < 1.29 is 4.79 Å². The Hall–Kier alpha value is -1.90. The molecular formula is C12H11NO2. The molecule has 0 aliphatic rings. The van der Waals surface area contributed by atoms with E-state index in [2.05, 4.69) is 4.98 Å². The second-order valence-electron chi connectivity index (χ2n) is 3.61. The molecule has 0 aliphatic carbocycles. The highest BCUT2D eigenvalue weighted by Crippen LogP contribution is 2.19. The summed E-state index contributed by atoms with van der Waals surface area (Å²) in [4.78, 5) is 25.0. The van der Waals surface area contributed by atoms with Crippen molar-refractivity contribution in [1.29, 1.82) is 0 Å². The van der Waals surface area contributed by atoms with Crippen LogP contribution < -0.4 is 5.56 Å². The van der Waals surface area contributed by atoms with Crippen LogP contribution in [0.2, 0.25) is 0 Å². The number of H-pyrrole nitrogens is 1. The molecule has 15 heavy (non-hydrogen) atoms. The lowest BCUT2D eigenvalue weighted by Gasteiger charge is -2.06. The predicted molar refractivity (Wildman–Crippen MR) is 59.4 cm³/mol. The van der Waals surface area contributed by atoms with Gasteiger partial charge in [0.05, 0.1) is 11.1 Å². The number of carbonyl (C=O) groups excluding carboxylic acids is 1. The summed E-state index contributed by atoms with van der Waals surface area (Å²) >= 11 is 0. The van der Waals surface area contributed by atoms with E-state index in [1.165, 1.54) is 0 Å². The molecule has 0 aliphatic heterocycles. The largest absolute Gasteiger partial charge is 0.321 e. The minimum Gasteiger partial charge on any atom is -0.321 e. The number of benzene rings is 1. The maximum Gasteiger partial charge on any atom is 0.259 e. The SMILES string of the molecule is Cc1c(C=O)c(=O)[nH]c2c(C)cccc12. The molecule has 0 fully saturated rings. The van der Waals surface area contributed by atoms with Gasteiger partial charge in [0.1, 0.15) is 0 Å². The zero-order chi connectivity index (χ0) is 11.0. The summed E-state index contributed by atoms with van der Waals surface area (Å²) in [6, 6.07) is 5.75. The van der Waals surface area contributed by atoms with Crippen LogP contribution in [0.5, 0.6) is 0 Å². The summed E-state index contributed by atoms with van der Waals surface area (Å²) in [5, 5.41) is 0.928. The van der Waals surface area contributed by atoms with Crippen LogP contribution in [0.3, 0.4) is 0 Å². The van der Waals surface area contributed by atoms with E-state index in [9.17, 15) is 9.59 Å². The molecule has 0 atom stereocenters. The standard InChI is InChI=1S/C12H11NO2/c1-7-4-3-5-9-8(2)10(6-14)12(15)13-11(7)9/h3-6H,1-2H3,(H,13,15). The second-order valence-corrected chi connectivity index (χ2v) is 3.61. The molecular weight excluding hydrogens is 190 g/mol. The number of fused-ring (bicyclic) bond motifs is 1. The molecule has 1 aromatic carbocycles. The van der Waals surface area contributed by atoms with Gasteiger partial charge in [0.15, 0.2) is 6.29 Å². The minimum absolute atomic E-state index is 0.216. The Morgan fingerprint density at radius 3 is 2.67 bits per heavy atom. The molecule has 0 amide bonds. The maximum atomic E-state index is 11.6. The fourth-order valence-electron chi connectivity index (χ4n) is 1.78. The molecule has 0 radical (unpaired) electrons. The van der Waals surface area contributed by atoms with Crippen molar-refractivity contribution in [3.05, 3.63) is 45.2 Å². The van der Waals surface area contributed by atoms with Gasteiger partial charge in [0.2, 0.25) is 0 Å². The molecule has 0 spiro atoms. The third-order valence-electron chi connectivity index (χ3n) is 2.68. The van der Waals surface area contributed by atoms with Crippen LogP contribution in [-0.4, -0.2) is 11.3 Å². The van der Waals surface area contributed by atoms with Gasteiger partial charge >= 0.3 is 0 Å². The van der Waals surface area contributed by atoms with E-state index in [4.69, 9.17) is 0 Å². The van der Waals surface area contributed by atoms with Gasteiger partial charge in [0, 0.05) is 5.39 Å². The van der Waals surface area contributed by atoms with E-state index in [0.717, 1.165) is 22.0 Å². The molecule has 1 heterocycles. The number of carbonyl (C=O) groups is 1. The third kappa shape index (κ3) is 1.36. The Labute approximate surface area is 86.8 Å². The van der Waals surface area contributed by atoms with Gasteiger partial charge in [-0.3, -0.25) is 9.59 Å². The molecule has 0 saturated heterocycles. The van der Waals surface area contributed by atoms with Crippen LogP contribution in [0.25, 0.3) is 10.9 Å².